The molecular weight excluding hydrogens is 435 g/mol. The number of nitrogens with two attached hydrogens (primary N) is 2. The van der Waals surface area contributed by atoms with Crippen LogP contribution in [-0.2, 0) is 9.59 Å². The lowest BCUT2D eigenvalue weighted by Crippen LogP contribution is -2.44. The minimum Gasteiger partial charge on any atom is -0.398 e. The zero-order valence-corrected chi connectivity index (χ0v) is 19.2. The number of carbonyl (C=O) groups is 3. The number of amides is 3. The van der Waals surface area contributed by atoms with Gasteiger partial charge in [0, 0.05) is 44.6 Å². The van der Waals surface area contributed by atoms with Crippen LogP contribution < -0.4 is 11.5 Å². The molecule has 1 fully saturated rings. The van der Waals surface area contributed by atoms with E-state index in [-0.39, 0.29) is 29.1 Å². The summed E-state index contributed by atoms with van der Waals surface area (Å²) >= 11 is 0. The standard InChI is InChI=1S/C26H29FN4O3/c1-16(32)30-10-8-19(9-11-30)26(34)31-12-6-18(7-13-31)22-14-20(15-23(24(22)28)25(29)33)17-2-4-21(27)5-3-17/h2-6,14-15,19H,7-13,28H2,1H3,(H2,29,33). The van der Waals surface area contributed by atoms with Crippen LogP contribution in [0.25, 0.3) is 16.7 Å². The zero-order chi connectivity index (χ0) is 24.4. The minimum absolute atomic E-state index is 0.0484. The van der Waals surface area contributed by atoms with Crippen molar-refractivity contribution in [2.24, 2.45) is 11.7 Å². The van der Waals surface area contributed by atoms with Crippen molar-refractivity contribution >= 4 is 29.0 Å². The molecule has 34 heavy (non-hydrogen) atoms. The Kier molecular flexibility index (Phi) is 6.68. The van der Waals surface area contributed by atoms with E-state index in [9.17, 15) is 18.8 Å². The van der Waals surface area contributed by atoms with Gasteiger partial charge in [-0.15, -0.1) is 0 Å². The molecule has 178 valence electrons. The Hall–Kier alpha value is -3.68. The highest BCUT2D eigenvalue weighted by atomic mass is 19.1. The van der Waals surface area contributed by atoms with Crippen LogP contribution in [0.1, 0.15) is 42.1 Å². The number of anilines is 1. The second-order valence-corrected chi connectivity index (χ2v) is 8.90. The van der Waals surface area contributed by atoms with Crippen LogP contribution in [0, 0.1) is 11.7 Å². The van der Waals surface area contributed by atoms with Gasteiger partial charge < -0.3 is 21.3 Å². The topological polar surface area (TPSA) is 110 Å². The molecule has 2 aromatic rings. The molecule has 0 radical (unpaired) electrons. The van der Waals surface area contributed by atoms with E-state index in [1.807, 2.05) is 17.0 Å². The number of likely N-dealkylation sites (tertiary alicyclic amines) is 1. The summed E-state index contributed by atoms with van der Waals surface area (Å²) in [5.41, 5.74) is 15.5. The van der Waals surface area contributed by atoms with Gasteiger partial charge in [-0.05, 0) is 60.2 Å². The van der Waals surface area contributed by atoms with E-state index in [0.29, 0.717) is 56.7 Å². The van der Waals surface area contributed by atoms with Gasteiger partial charge in [0.15, 0.2) is 0 Å². The summed E-state index contributed by atoms with van der Waals surface area (Å²) in [6.07, 6.45) is 3.92. The van der Waals surface area contributed by atoms with Gasteiger partial charge in [0.05, 0.1) is 11.3 Å². The molecule has 0 saturated carbocycles. The van der Waals surface area contributed by atoms with Gasteiger partial charge in [0.2, 0.25) is 11.8 Å². The highest BCUT2D eigenvalue weighted by molar-refractivity contribution is 6.02. The molecule has 8 heteroatoms. The number of rotatable bonds is 4. The Balaban J connectivity index is 1.54. The molecule has 4 rings (SSSR count). The number of benzene rings is 2. The first-order valence-electron chi connectivity index (χ1n) is 11.5. The summed E-state index contributed by atoms with van der Waals surface area (Å²) in [6, 6.07) is 9.51. The number of piperidine rings is 1. The van der Waals surface area contributed by atoms with Crippen LogP contribution in [-0.4, -0.2) is 53.7 Å². The third-order valence-corrected chi connectivity index (χ3v) is 6.78. The largest absolute Gasteiger partial charge is 0.398 e. The molecule has 0 atom stereocenters. The molecule has 2 aliphatic heterocycles. The Morgan fingerprint density at radius 3 is 2.21 bits per heavy atom. The molecule has 2 aromatic carbocycles. The zero-order valence-electron chi connectivity index (χ0n) is 19.2. The van der Waals surface area contributed by atoms with E-state index in [2.05, 4.69) is 0 Å². The Bertz CT molecular complexity index is 1150. The lowest BCUT2D eigenvalue weighted by Gasteiger charge is -2.35. The van der Waals surface area contributed by atoms with Gasteiger partial charge in [-0.25, -0.2) is 4.39 Å². The Labute approximate surface area is 198 Å². The van der Waals surface area contributed by atoms with Crippen LogP contribution >= 0.6 is 0 Å². The highest BCUT2D eigenvalue weighted by Crippen LogP contribution is 2.35. The first-order chi connectivity index (χ1) is 16.2. The number of primary amides is 1. The molecule has 1 saturated heterocycles. The first-order valence-corrected chi connectivity index (χ1v) is 11.5. The number of carbonyl (C=O) groups excluding carboxylic acids is 3. The second kappa shape index (κ2) is 9.67. The maximum atomic E-state index is 13.4. The van der Waals surface area contributed by atoms with Crippen LogP contribution in [0.5, 0.6) is 0 Å². The van der Waals surface area contributed by atoms with E-state index in [1.54, 1.807) is 30.0 Å². The van der Waals surface area contributed by atoms with E-state index in [1.165, 1.54) is 12.1 Å². The molecule has 7 nitrogen and oxygen atoms in total. The molecule has 0 unspecified atom stereocenters. The minimum atomic E-state index is -0.632. The fourth-order valence-corrected chi connectivity index (χ4v) is 4.75. The number of nitrogen functional groups attached to an aromatic ring is 1. The van der Waals surface area contributed by atoms with Gasteiger partial charge in [0.1, 0.15) is 5.82 Å². The van der Waals surface area contributed by atoms with Crippen LogP contribution in [0.4, 0.5) is 10.1 Å². The van der Waals surface area contributed by atoms with Crippen molar-refractivity contribution in [3.8, 4) is 11.1 Å². The predicted molar refractivity (Wildman–Crippen MR) is 129 cm³/mol. The maximum Gasteiger partial charge on any atom is 0.250 e. The fourth-order valence-electron chi connectivity index (χ4n) is 4.75. The molecule has 0 aliphatic carbocycles. The quantitative estimate of drug-likeness (QED) is 0.678. The van der Waals surface area contributed by atoms with E-state index >= 15 is 0 Å². The third-order valence-electron chi connectivity index (χ3n) is 6.78. The average Bonchev–Trinajstić information content (AvgIpc) is 2.84. The molecule has 4 N–H and O–H groups in total. The Morgan fingerprint density at radius 1 is 0.971 bits per heavy atom. The molecular formula is C26H29FN4O3. The second-order valence-electron chi connectivity index (χ2n) is 8.90. The first kappa shape index (κ1) is 23.5. The lowest BCUT2D eigenvalue weighted by atomic mass is 9.90. The van der Waals surface area contributed by atoms with Crippen molar-refractivity contribution in [2.45, 2.75) is 26.2 Å². The van der Waals surface area contributed by atoms with Gasteiger partial charge in [-0.3, -0.25) is 14.4 Å². The van der Waals surface area contributed by atoms with E-state index in [0.717, 1.165) is 16.7 Å². The highest BCUT2D eigenvalue weighted by Gasteiger charge is 2.30. The summed E-state index contributed by atoms with van der Waals surface area (Å²) in [5.74, 6) is -0.885. The molecule has 0 bridgehead atoms. The molecule has 2 aliphatic rings. The predicted octanol–water partition coefficient (Wildman–Crippen LogP) is 3.05. The smallest absolute Gasteiger partial charge is 0.250 e. The normalized spacial score (nSPS) is 16.8. The molecule has 0 aromatic heterocycles. The number of nitrogens with zero attached hydrogens (tertiary/aromatic N) is 2. The van der Waals surface area contributed by atoms with E-state index in [4.69, 9.17) is 11.5 Å². The van der Waals surface area contributed by atoms with Crippen molar-refractivity contribution in [3.05, 3.63) is 59.4 Å². The van der Waals surface area contributed by atoms with Crippen molar-refractivity contribution < 1.29 is 18.8 Å². The molecule has 0 spiro atoms. The fraction of sp³-hybridized carbons (Fsp3) is 0.346. The van der Waals surface area contributed by atoms with Crippen LogP contribution in [0.2, 0.25) is 0 Å². The van der Waals surface area contributed by atoms with Crippen LogP contribution in [0.3, 0.4) is 0 Å². The van der Waals surface area contributed by atoms with Crippen LogP contribution in [0.15, 0.2) is 42.5 Å². The van der Waals surface area contributed by atoms with Gasteiger partial charge in [-0.2, -0.15) is 0 Å². The Morgan fingerprint density at radius 2 is 1.65 bits per heavy atom. The molecule has 2 heterocycles. The number of halogens is 1. The summed E-state index contributed by atoms with van der Waals surface area (Å²) in [6.45, 7) is 3.78. The van der Waals surface area contributed by atoms with Crippen molar-refractivity contribution in [1.82, 2.24) is 9.80 Å². The molecule has 3 amide bonds. The van der Waals surface area contributed by atoms with Gasteiger partial charge in [0.25, 0.3) is 5.91 Å². The maximum absolute atomic E-state index is 13.4. The monoisotopic (exact) mass is 464 g/mol. The van der Waals surface area contributed by atoms with Gasteiger partial charge in [-0.1, -0.05) is 18.2 Å². The summed E-state index contributed by atoms with van der Waals surface area (Å²) in [5, 5.41) is 0. The average molecular weight is 465 g/mol. The van der Waals surface area contributed by atoms with E-state index < -0.39 is 5.91 Å². The number of hydrogen-bond acceptors (Lipinski definition) is 4. The summed E-state index contributed by atoms with van der Waals surface area (Å²) in [4.78, 5) is 40.2. The summed E-state index contributed by atoms with van der Waals surface area (Å²) < 4.78 is 13.4. The van der Waals surface area contributed by atoms with Crippen molar-refractivity contribution in [2.75, 3.05) is 31.9 Å². The third kappa shape index (κ3) is 4.81. The SMILES string of the molecule is CC(=O)N1CCC(C(=O)N2CC=C(c3cc(-c4ccc(F)cc4)cc(C(N)=O)c3N)CC2)CC1. The summed E-state index contributed by atoms with van der Waals surface area (Å²) in [7, 11) is 0. The van der Waals surface area contributed by atoms with Crippen molar-refractivity contribution in [1.29, 1.82) is 0 Å². The lowest BCUT2D eigenvalue weighted by molar-refractivity contribution is -0.139. The van der Waals surface area contributed by atoms with Crippen molar-refractivity contribution in [3.63, 3.8) is 0 Å². The number of hydrogen-bond donors (Lipinski definition) is 2. The van der Waals surface area contributed by atoms with Gasteiger partial charge >= 0.3 is 0 Å².